The van der Waals surface area contributed by atoms with Crippen molar-refractivity contribution in [3.63, 3.8) is 0 Å². The second kappa shape index (κ2) is 5.62. The molecule has 0 amide bonds. The van der Waals surface area contributed by atoms with Crippen LogP contribution in [0.5, 0.6) is 0 Å². The average Bonchev–Trinajstić information content (AvgIpc) is 2.97. The third-order valence-electron chi connectivity index (χ3n) is 3.42. The van der Waals surface area contributed by atoms with Gasteiger partial charge in [-0.2, -0.15) is 10.4 Å². The molecule has 0 aliphatic heterocycles. The zero-order chi connectivity index (χ0) is 17.5. The fourth-order valence-corrected chi connectivity index (χ4v) is 5.78. The molecular formula is C12H22N8O2S. The molecule has 2 atom stereocenters. The Morgan fingerprint density at radius 3 is 1.35 bits per heavy atom. The molecule has 0 bridgehead atoms. The zero-order valence-corrected chi connectivity index (χ0v) is 14.9. The molecule has 0 fully saturated rings. The summed E-state index contributed by atoms with van der Waals surface area (Å²) in [6, 6.07) is 0. The lowest BCUT2D eigenvalue weighted by atomic mass is 9.90. The number of nitrogens with one attached hydrogen (secondary N) is 2. The highest BCUT2D eigenvalue weighted by Gasteiger charge is 2.50. The van der Waals surface area contributed by atoms with E-state index in [1.807, 2.05) is 41.5 Å². The molecule has 0 aliphatic rings. The van der Waals surface area contributed by atoms with Crippen molar-refractivity contribution in [2.24, 2.45) is 10.8 Å². The van der Waals surface area contributed by atoms with E-state index in [-0.39, 0.29) is 11.6 Å². The van der Waals surface area contributed by atoms with Crippen molar-refractivity contribution in [2.75, 3.05) is 0 Å². The molecule has 128 valence electrons. The van der Waals surface area contributed by atoms with E-state index in [0.717, 1.165) is 0 Å². The number of hydrogen-bond donors (Lipinski definition) is 2. The summed E-state index contributed by atoms with van der Waals surface area (Å²) in [6.45, 7) is 10.9. The van der Waals surface area contributed by atoms with Crippen LogP contribution < -0.4 is 0 Å². The highest BCUT2D eigenvalue weighted by Crippen LogP contribution is 2.48. The third-order valence-corrected chi connectivity index (χ3v) is 6.57. The molecule has 0 spiro atoms. The van der Waals surface area contributed by atoms with Crippen LogP contribution in [-0.4, -0.2) is 49.7 Å². The third kappa shape index (κ3) is 3.38. The molecule has 2 heterocycles. The molecule has 10 nitrogen and oxygen atoms in total. The molecule has 2 unspecified atom stereocenters. The summed E-state index contributed by atoms with van der Waals surface area (Å²) < 4.78 is 27.0. The van der Waals surface area contributed by atoms with Crippen LogP contribution in [0.3, 0.4) is 0 Å². The van der Waals surface area contributed by atoms with Gasteiger partial charge in [-0.05, 0) is 10.8 Å². The molecule has 0 aromatic carbocycles. The first kappa shape index (κ1) is 17.4. The van der Waals surface area contributed by atoms with Gasteiger partial charge in [0.15, 0.2) is 21.5 Å². The lowest BCUT2D eigenvalue weighted by Gasteiger charge is -2.35. The van der Waals surface area contributed by atoms with Crippen molar-refractivity contribution in [3.8, 4) is 0 Å². The standard InChI is InChI=1S/C12H22N8O2S/c1-11(2,3)7(9-13-17-18-14-9)23(21,22)8(12(4,5)6)10-15-19-20-16-10/h7-8H,1-6H3,(H,13,14,17,18)(H,15,16,19,20). The maximum Gasteiger partial charge on any atom is 0.193 e. The number of aromatic amines is 2. The Hall–Kier alpha value is -1.91. The SMILES string of the molecule is CC(C)(C)C(c1nn[nH]n1)S(=O)(=O)C(c1nn[nH]n1)C(C)(C)C. The van der Waals surface area contributed by atoms with Crippen molar-refractivity contribution in [3.05, 3.63) is 11.6 Å². The quantitative estimate of drug-likeness (QED) is 0.837. The van der Waals surface area contributed by atoms with Crippen molar-refractivity contribution in [1.29, 1.82) is 0 Å². The van der Waals surface area contributed by atoms with Crippen LogP contribution >= 0.6 is 0 Å². The van der Waals surface area contributed by atoms with Crippen molar-refractivity contribution in [2.45, 2.75) is 52.0 Å². The van der Waals surface area contributed by atoms with E-state index >= 15 is 0 Å². The number of H-pyrrole nitrogens is 2. The first-order valence-electron chi connectivity index (χ1n) is 7.15. The molecule has 2 rings (SSSR count). The van der Waals surface area contributed by atoms with E-state index in [0.29, 0.717) is 0 Å². The van der Waals surface area contributed by atoms with Crippen LogP contribution in [0.25, 0.3) is 0 Å². The van der Waals surface area contributed by atoms with Gasteiger partial charge in [0, 0.05) is 0 Å². The van der Waals surface area contributed by atoms with Gasteiger partial charge in [0.25, 0.3) is 0 Å². The van der Waals surface area contributed by atoms with Crippen LogP contribution in [-0.2, 0) is 9.84 Å². The molecule has 0 aliphatic carbocycles. The number of rotatable bonds is 4. The Morgan fingerprint density at radius 2 is 1.13 bits per heavy atom. The Morgan fingerprint density at radius 1 is 0.783 bits per heavy atom. The summed E-state index contributed by atoms with van der Waals surface area (Å²) in [5.74, 6) is 0.269. The van der Waals surface area contributed by atoms with E-state index < -0.39 is 31.2 Å². The number of tetrazole rings is 2. The van der Waals surface area contributed by atoms with Gasteiger partial charge in [-0.15, -0.1) is 20.4 Å². The van der Waals surface area contributed by atoms with Gasteiger partial charge in [0.2, 0.25) is 0 Å². The minimum absolute atomic E-state index is 0.134. The summed E-state index contributed by atoms with van der Waals surface area (Å²) in [4.78, 5) is 0. The lowest BCUT2D eigenvalue weighted by Crippen LogP contribution is -2.37. The summed E-state index contributed by atoms with van der Waals surface area (Å²) in [5.41, 5.74) is -1.29. The Labute approximate surface area is 134 Å². The second-order valence-corrected chi connectivity index (χ2v) is 9.74. The van der Waals surface area contributed by atoms with E-state index in [4.69, 9.17) is 0 Å². The van der Waals surface area contributed by atoms with Gasteiger partial charge >= 0.3 is 0 Å². The van der Waals surface area contributed by atoms with E-state index in [2.05, 4.69) is 41.2 Å². The van der Waals surface area contributed by atoms with Crippen LogP contribution in [0, 0.1) is 10.8 Å². The van der Waals surface area contributed by atoms with Crippen LogP contribution in [0.1, 0.15) is 63.7 Å². The minimum Gasteiger partial charge on any atom is -0.227 e. The van der Waals surface area contributed by atoms with Gasteiger partial charge in [-0.1, -0.05) is 52.0 Å². The first-order valence-corrected chi connectivity index (χ1v) is 8.76. The van der Waals surface area contributed by atoms with Crippen LogP contribution in [0.2, 0.25) is 0 Å². The predicted octanol–water partition coefficient (Wildman–Crippen LogP) is 1.00. The normalized spacial score (nSPS) is 16.3. The summed E-state index contributed by atoms with van der Waals surface area (Å²) in [5, 5.41) is 25.3. The maximum atomic E-state index is 13.5. The second-order valence-electron chi connectivity index (χ2n) is 7.62. The molecule has 2 aromatic rings. The van der Waals surface area contributed by atoms with Crippen LogP contribution in [0.4, 0.5) is 0 Å². The van der Waals surface area contributed by atoms with Gasteiger partial charge < -0.3 is 0 Å². The Balaban J connectivity index is 2.64. The smallest absolute Gasteiger partial charge is 0.193 e. The molecule has 0 radical (unpaired) electrons. The van der Waals surface area contributed by atoms with Gasteiger partial charge in [0.1, 0.15) is 10.5 Å². The Kier molecular flexibility index (Phi) is 4.26. The number of sulfone groups is 1. The van der Waals surface area contributed by atoms with Crippen molar-refractivity contribution >= 4 is 9.84 Å². The summed E-state index contributed by atoms with van der Waals surface area (Å²) in [7, 11) is -3.79. The summed E-state index contributed by atoms with van der Waals surface area (Å²) in [6.07, 6.45) is 0. The number of aromatic nitrogens is 8. The number of nitrogens with zero attached hydrogens (tertiary/aromatic N) is 6. The molecule has 2 aromatic heterocycles. The van der Waals surface area contributed by atoms with Crippen LogP contribution in [0.15, 0.2) is 0 Å². The molecule has 23 heavy (non-hydrogen) atoms. The molecule has 0 saturated heterocycles. The van der Waals surface area contributed by atoms with Gasteiger partial charge in [-0.3, -0.25) is 0 Å². The molecule has 2 N–H and O–H groups in total. The van der Waals surface area contributed by atoms with Crippen molar-refractivity contribution < 1.29 is 8.42 Å². The largest absolute Gasteiger partial charge is 0.227 e. The molecular weight excluding hydrogens is 320 g/mol. The highest BCUT2D eigenvalue weighted by atomic mass is 32.2. The maximum absolute atomic E-state index is 13.5. The molecule has 0 saturated carbocycles. The monoisotopic (exact) mass is 342 g/mol. The number of hydrogen-bond acceptors (Lipinski definition) is 8. The fourth-order valence-electron chi connectivity index (χ4n) is 2.75. The minimum atomic E-state index is -3.79. The van der Waals surface area contributed by atoms with Gasteiger partial charge in [-0.25, -0.2) is 8.42 Å². The first-order chi connectivity index (χ1) is 10.5. The van der Waals surface area contributed by atoms with E-state index in [1.165, 1.54) is 0 Å². The molecule has 11 heteroatoms. The topological polar surface area (TPSA) is 143 Å². The summed E-state index contributed by atoms with van der Waals surface area (Å²) >= 11 is 0. The van der Waals surface area contributed by atoms with Gasteiger partial charge in [0.05, 0.1) is 0 Å². The fraction of sp³-hybridized carbons (Fsp3) is 0.833. The highest BCUT2D eigenvalue weighted by molar-refractivity contribution is 7.92. The predicted molar refractivity (Wildman–Crippen MR) is 81.7 cm³/mol. The van der Waals surface area contributed by atoms with Crippen molar-refractivity contribution in [1.82, 2.24) is 41.2 Å². The zero-order valence-electron chi connectivity index (χ0n) is 14.1. The lowest BCUT2D eigenvalue weighted by molar-refractivity contribution is 0.338. The van der Waals surface area contributed by atoms with E-state index in [1.54, 1.807) is 0 Å². The average molecular weight is 342 g/mol. The Bertz CT molecular complexity index is 667. The van der Waals surface area contributed by atoms with E-state index in [9.17, 15) is 8.42 Å².